The van der Waals surface area contributed by atoms with Crippen molar-refractivity contribution in [2.24, 2.45) is 0 Å². The third kappa shape index (κ3) is 2.65. The number of fused-ring (bicyclic) bond motifs is 3. The van der Waals surface area contributed by atoms with Gasteiger partial charge in [0.1, 0.15) is 17.7 Å². The molecule has 0 aliphatic carbocycles. The van der Waals surface area contributed by atoms with Crippen molar-refractivity contribution >= 4 is 54.1 Å². The fraction of sp³-hybridized carbons (Fsp3) is 0.312. The van der Waals surface area contributed by atoms with Crippen molar-refractivity contribution in [2.75, 3.05) is 18.9 Å². The number of nitrogens with one attached hydrogen (secondary N) is 3. The summed E-state index contributed by atoms with van der Waals surface area (Å²) in [5, 5.41) is 19.6. The van der Waals surface area contributed by atoms with E-state index in [1.165, 1.54) is 15.3 Å². The average Bonchev–Trinajstić information content (AvgIpc) is 2.88. The number of thiophene rings is 1. The second-order valence-corrected chi connectivity index (χ2v) is 9.07. The Morgan fingerprint density at radius 2 is 2.12 bits per heavy atom. The molecule has 5 nitrogen and oxygen atoms in total. The summed E-state index contributed by atoms with van der Waals surface area (Å²) in [6.45, 7) is 1.98. The standard InChI is InChI=1S/C16H15Br2N3O2S/c1-21-3-2-8-11(6-21)24-16-12(8)15(23)19-14(20-16)9-4-7(17)5-10(18)13(9)22/h4-5,14,20,22H,2-3,6H2,1H3,(H,19,23)/t14-/m0/s1. The zero-order valence-electron chi connectivity index (χ0n) is 12.8. The molecule has 126 valence electrons. The fourth-order valence-electron chi connectivity index (χ4n) is 3.28. The quantitative estimate of drug-likeness (QED) is 0.592. The van der Waals surface area contributed by atoms with E-state index in [1.807, 2.05) is 0 Å². The molecule has 2 aliphatic rings. The molecule has 2 aromatic rings. The Kier molecular flexibility index (Phi) is 4.11. The number of amides is 1. The van der Waals surface area contributed by atoms with Gasteiger partial charge in [0.25, 0.3) is 5.91 Å². The summed E-state index contributed by atoms with van der Waals surface area (Å²) in [7, 11) is 2.17. The maximum Gasteiger partial charge on any atom is 0.256 e. The van der Waals surface area contributed by atoms with Gasteiger partial charge in [0.05, 0.1) is 24.0 Å². The number of benzene rings is 1. The SMILES string of the molecule is C[NH+]1CCc2c(sc3c2C(=O)N[C@H](c2cc(Br)cc(Br)c2[O-])N3)C1. The van der Waals surface area contributed by atoms with E-state index in [0.29, 0.717) is 10.0 Å². The molecule has 1 unspecified atom stereocenters. The summed E-state index contributed by atoms with van der Waals surface area (Å²) in [6.07, 6.45) is 0.402. The summed E-state index contributed by atoms with van der Waals surface area (Å²) >= 11 is 8.32. The summed E-state index contributed by atoms with van der Waals surface area (Å²) in [5.74, 6) is -0.216. The van der Waals surface area contributed by atoms with Gasteiger partial charge in [-0.25, -0.2) is 0 Å². The number of anilines is 1. The molecule has 1 aromatic heterocycles. The molecule has 2 atom stereocenters. The molecule has 0 fully saturated rings. The van der Waals surface area contributed by atoms with E-state index in [1.54, 1.807) is 23.5 Å². The van der Waals surface area contributed by atoms with Gasteiger partial charge in [0, 0.05) is 15.4 Å². The van der Waals surface area contributed by atoms with Crippen molar-refractivity contribution in [1.29, 1.82) is 0 Å². The lowest BCUT2D eigenvalue weighted by Crippen LogP contribution is -3.08. The summed E-state index contributed by atoms with van der Waals surface area (Å²) < 4.78 is 1.27. The van der Waals surface area contributed by atoms with Crippen LogP contribution < -0.4 is 20.6 Å². The molecule has 0 bridgehead atoms. The topological polar surface area (TPSA) is 68.6 Å². The zero-order chi connectivity index (χ0) is 17.0. The van der Waals surface area contributed by atoms with Crippen molar-refractivity contribution in [3.8, 4) is 5.75 Å². The predicted molar refractivity (Wildman–Crippen MR) is 98.6 cm³/mol. The Morgan fingerprint density at radius 3 is 2.92 bits per heavy atom. The second kappa shape index (κ2) is 6.01. The van der Waals surface area contributed by atoms with E-state index in [0.717, 1.165) is 34.5 Å². The fourth-order valence-corrected chi connectivity index (χ4v) is 5.93. The van der Waals surface area contributed by atoms with Crippen LogP contribution in [-0.2, 0) is 13.0 Å². The smallest absolute Gasteiger partial charge is 0.256 e. The maximum atomic E-state index is 12.7. The molecule has 1 aromatic carbocycles. The van der Waals surface area contributed by atoms with Crippen molar-refractivity contribution in [2.45, 2.75) is 19.1 Å². The lowest BCUT2D eigenvalue weighted by atomic mass is 10.0. The highest BCUT2D eigenvalue weighted by Crippen LogP contribution is 2.41. The van der Waals surface area contributed by atoms with Crippen LogP contribution in [0, 0.1) is 0 Å². The monoisotopic (exact) mass is 471 g/mol. The van der Waals surface area contributed by atoms with Gasteiger partial charge < -0.3 is 20.6 Å². The van der Waals surface area contributed by atoms with Crippen molar-refractivity contribution in [1.82, 2.24) is 5.32 Å². The Morgan fingerprint density at radius 1 is 1.33 bits per heavy atom. The first-order valence-electron chi connectivity index (χ1n) is 7.63. The van der Waals surface area contributed by atoms with Crippen LogP contribution in [0.15, 0.2) is 21.1 Å². The molecule has 0 radical (unpaired) electrons. The number of carbonyl (C=O) groups excluding carboxylic acids is 1. The summed E-state index contributed by atoms with van der Waals surface area (Å²) in [5.41, 5.74) is 2.45. The Hall–Kier alpha value is -1.09. The molecule has 0 saturated heterocycles. The van der Waals surface area contributed by atoms with Gasteiger partial charge in [-0.1, -0.05) is 37.6 Å². The lowest BCUT2D eigenvalue weighted by Gasteiger charge is -2.30. The van der Waals surface area contributed by atoms with Crippen molar-refractivity contribution < 1.29 is 14.8 Å². The number of rotatable bonds is 1. The van der Waals surface area contributed by atoms with Gasteiger partial charge in [0.15, 0.2) is 0 Å². The molecule has 2 aliphatic heterocycles. The highest BCUT2D eigenvalue weighted by atomic mass is 79.9. The van der Waals surface area contributed by atoms with Gasteiger partial charge in [-0.2, -0.15) is 0 Å². The predicted octanol–water partition coefficient (Wildman–Crippen LogP) is 1.77. The van der Waals surface area contributed by atoms with E-state index in [2.05, 4.69) is 49.5 Å². The molecular weight excluding hydrogens is 458 g/mol. The summed E-state index contributed by atoms with van der Waals surface area (Å²) in [4.78, 5) is 15.4. The molecule has 24 heavy (non-hydrogen) atoms. The molecule has 0 spiro atoms. The minimum atomic E-state index is -0.517. The molecule has 3 N–H and O–H groups in total. The molecule has 0 saturated carbocycles. The van der Waals surface area contributed by atoms with Crippen LogP contribution in [0.1, 0.15) is 32.5 Å². The van der Waals surface area contributed by atoms with Crippen LogP contribution in [0.2, 0.25) is 0 Å². The first-order valence-corrected chi connectivity index (χ1v) is 10.0. The number of halogens is 2. The van der Waals surface area contributed by atoms with Crippen LogP contribution >= 0.6 is 43.2 Å². The molecule has 3 heterocycles. The normalized spacial score (nSPS) is 22.4. The maximum absolute atomic E-state index is 12.7. The van der Waals surface area contributed by atoms with Crippen LogP contribution in [0.25, 0.3) is 0 Å². The van der Waals surface area contributed by atoms with Crippen LogP contribution in [0.4, 0.5) is 5.00 Å². The lowest BCUT2D eigenvalue weighted by molar-refractivity contribution is -0.895. The first kappa shape index (κ1) is 16.4. The minimum Gasteiger partial charge on any atom is -0.871 e. The second-order valence-electron chi connectivity index (χ2n) is 6.20. The third-order valence-electron chi connectivity index (χ3n) is 4.48. The van der Waals surface area contributed by atoms with Gasteiger partial charge in [-0.3, -0.25) is 4.79 Å². The number of hydrogen-bond acceptors (Lipinski definition) is 4. The largest absolute Gasteiger partial charge is 0.871 e. The molecule has 1 amide bonds. The third-order valence-corrected chi connectivity index (χ3v) is 6.69. The van der Waals surface area contributed by atoms with E-state index in [9.17, 15) is 9.90 Å². The average molecular weight is 473 g/mol. The van der Waals surface area contributed by atoms with Gasteiger partial charge in [0.2, 0.25) is 0 Å². The van der Waals surface area contributed by atoms with Crippen molar-refractivity contribution in [3.05, 3.63) is 42.6 Å². The number of quaternary nitrogens is 1. The van der Waals surface area contributed by atoms with Crippen LogP contribution in [0.5, 0.6) is 5.75 Å². The van der Waals surface area contributed by atoms with E-state index in [-0.39, 0.29) is 11.7 Å². The summed E-state index contributed by atoms with van der Waals surface area (Å²) in [6, 6.07) is 3.46. The number of likely N-dealkylation sites (N-methyl/N-ethyl adjacent to an activating group) is 1. The first-order chi connectivity index (χ1) is 11.4. The van der Waals surface area contributed by atoms with Crippen LogP contribution in [-0.4, -0.2) is 19.5 Å². The Balaban J connectivity index is 1.74. The molecule has 8 heteroatoms. The van der Waals surface area contributed by atoms with E-state index in [4.69, 9.17) is 0 Å². The minimum absolute atomic E-state index is 0.0960. The molecule has 4 rings (SSSR count). The number of hydrogen-bond donors (Lipinski definition) is 3. The van der Waals surface area contributed by atoms with Gasteiger partial charge >= 0.3 is 0 Å². The van der Waals surface area contributed by atoms with E-state index < -0.39 is 6.17 Å². The van der Waals surface area contributed by atoms with Crippen LogP contribution in [0.3, 0.4) is 0 Å². The van der Waals surface area contributed by atoms with E-state index >= 15 is 0 Å². The highest BCUT2D eigenvalue weighted by Gasteiger charge is 2.34. The van der Waals surface area contributed by atoms with Crippen molar-refractivity contribution in [3.63, 3.8) is 0 Å². The Labute approximate surface area is 160 Å². The Bertz CT molecular complexity index is 852. The van der Waals surface area contributed by atoms with Gasteiger partial charge in [-0.15, -0.1) is 11.3 Å². The zero-order valence-corrected chi connectivity index (χ0v) is 16.8. The molecular formula is C16H15Br2N3O2S. The van der Waals surface area contributed by atoms with Gasteiger partial charge in [-0.05, 0) is 23.3 Å². The number of carbonyl (C=O) groups is 1. The highest BCUT2D eigenvalue weighted by molar-refractivity contribution is 9.11.